The number of nitrogens with one attached hydrogen (secondary N) is 2. The maximum atomic E-state index is 14.1. The van der Waals surface area contributed by atoms with Crippen molar-refractivity contribution in [2.45, 2.75) is 44.9 Å². The molecule has 0 spiro atoms. The van der Waals surface area contributed by atoms with Crippen molar-refractivity contribution in [3.05, 3.63) is 89.4 Å². The summed E-state index contributed by atoms with van der Waals surface area (Å²) in [6.07, 6.45) is -2.58. The monoisotopic (exact) mass is 573 g/mol. The second kappa shape index (κ2) is 12.0. The third-order valence-corrected chi connectivity index (χ3v) is 6.23. The number of hydrogen-bond donors (Lipinski definition) is 3. The minimum atomic E-state index is -4.90. The summed E-state index contributed by atoms with van der Waals surface area (Å²) < 4.78 is 70.7. The number of benzene rings is 2. The molecule has 0 fully saturated rings. The number of alkyl halides is 3. The number of fused-ring (bicyclic) bond motifs is 1. The van der Waals surface area contributed by atoms with E-state index in [1.165, 1.54) is 12.3 Å². The van der Waals surface area contributed by atoms with Gasteiger partial charge in [0.05, 0.1) is 17.6 Å². The van der Waals surface area contributed by atoms with Crippen molar-refractivity contribution >= 4 is 11.0 Å². The molecule has 0 aliphatic carbocycles. The second-order valence-corrected chi connectivity index (χ2v) is 9.25. The number of rotatable bonds is 11. The number of H-pyrrole nitrogens is 1. The number of ether oxygens (including phenoxy) is 1. The fourth-order valence-electron chi connectivity index (χ4n) is 4.24. The molecule has 0 bridgehead atoms. The lowest BCUT2D eigenvalue weighted by molar-refractivity contribution is -0.274. The van der Waals surface area contributed by atoms with E-state index in [4.69, 9.17) is 0 Å². The van der Waals surface area contributed by atoms with Crippen molar-refractivity contribution in [1.29, 1.82) is 0 Å². The molecule has 14 heteroatoms. The molecule has 41 heavy (non-hydrogen) atoms. The number of aryl methyl sites for hydroxylation is 2. The number of halogens is 5. The second-order valence-electron chi connectivity index (χ2n) is 9.25. The van der Waals surface area contributed by atoms with Crippen molar-refractivity contribution in [2.75, 3.05) is 0 Å². The molecule has 0 aliphatic rings. The molecule has 3 N–H and O–H groups in total. The first kappa shape index (κ1) is 28.1. The summed E-state index contributed by atoms with van der Waals surface area (Å²) in [5, 5.41) is 30.1. The summed E-state index contributed by atoms with van der Waals surface area (Å²) in [5.74, 6) is -1.65. The smallest absolute Gasteiger partial charge is 0.406 e. The van der Waals surface area contributed by atoms with Gasteiger partial charge >= 0.3 is 6.36 Å². The normalized spacial score (nSPS) is 12.6. The SMILES string of the molecule is OC(NCc1cc(OC(F)(F)F)ccc1F)c1cn(CCCCc2cc3cc(-c4ccccc4F)[nH]c3nn2)nn1. The zero-order valence-electron chi connectivity index (χ0n) is 21.4. The molecule has 0 amide bonds. The molecule has 5 rings (SSSR count). The predicted octanol–water partition coefficient (Wildman–Crippen LogP) is 5.20. The van der Waals surface area contributed by atoms with E-state index in [2.05, 4.69) is 35.5 Å². The van der Waals surface area contributed by atoms with Crippen molar-refractivity contribution in [3.8, 4) is 17.0 Å². The number of aliphatic hydroxyl groups is 1. The van der Waals surface area contributed by atoms with E-state index in [9.17, 15) is 27.1 Å². The van der Waals surface area contributed by atoms with Gasteiger partial charge in [0, 0.05) is 29.6 Å². The summed E-state index contributed by atoms with van der Waals surface area (Å²) in [7, 11) is 0. The Morgan fingerprint density at radius 1 is 0.976 bits per heavy atom. The van der Waals surface area contributed by atoms with Gasteiger partial charge in [-0.05, 0) is 61.7 Å². The Bertz CT molecular complexity index is 1640. The number of aliphatic hydroxyl groups excluding tert-OH is 1. The molecule has 0 saturated carbocycles. The van der Waals surface area contributed by atoms with Crippen LogP contribution in [0.3, 0.4) is 0 Å². The third kappa shape index (κ3) is 7.21. The highest BCUT2D eigenvalue weighted by molar-refractivity contribution is 5.83. The van der Waals surface area contributed by atoms with Crippen molar-refractivity contribution in [2.24, 2.45) is 0 Å². The molecule has 1 unspecified atom stereocenters. The summed E-state index contributed by atoms with van der Waals surface area (Å²) in [5.41, 5.74) is 2.48. The molecule has 3 heterocycles. The summed E-state index contributed by atoms with van der Waals surface area (Å²) >= 11 is 0. The van der Waals surface area contributed by atoms with Gasteiger partial charge in [0.15, 0.2) is 11.9 Å². The number of aromatic nitrogens is 6. The Labute approximate surface area is 230 Å². The Kier molecular flexibility index (Phi) is 8.21. The predicted molar refractivity (Wildman–Crippen MR) is 137 cm³/mol. The quantitative estimate of drug-likeness (QED) is 0.113. The number of hydrogen-bond acceptors (Lipinski definition) is 7. The number of aromatic amines is 1. The largest absolute Gasteiger partial charge is 0.573 e. The molecule has 0 aliphatic heterocycles. The molecule has 0 radical (unpaired) electrons. The highest BCUT2D eigenvalue weighted by Gasteiger charge is 2.31. The topological polar surface area (TPSA) is 114 Å². The number of unbranched alkanes of at least 4 members (excludes halogenated alkanes) is 1. The third-order valence-electron chi connectivity index (χ3n) is 6.23. The lowest BCUT2D eigenvalue weighted by Gasteiger charge is -2.13. The first-order valence-corrected chi connectivity index (χ1v) is 12.6. The standard InChI is InChI=1S/C27H24F5N7O2/c28-21-9-8-19(41-27(30,31)32)12-17(21)14-33-26(40)24-15-39(38-36-24)10-4-3-5-18-11-16-13-23(34-25(16)37-35-18)20-6-1-2-7-22(20)29/h1-2,6-9,11-13,15,26,33,40H,3-5,10,14H2,(H,34,37). The van der Waals surface area contributed by atoms with Crippen LogP contribution in [-0.2, 0) is 19.5 Å². The lowest BCUT2D eigenvalue weighted by Crippen LogP contribution is -2.22. The average molecular weight is 574 g/mol. The molecule has 9 nitrogen and oxygen atoms in total. The molecule has 5 aromatic rings. The zero-order valence-corrected chi connectivity index (χ0v) is 21.4. The molecule has 1 atom stereocenters. The van der Waals surface area contributed by atoms with E-state index in [0.717, 1.165) is 42.1 Å². The summed E-state index contributed by atoms with van der Waals surface area (Å²) in [4.78, 5) is 3.09. The van der Waals surface area contributed by atoms with E-state index < -0.39 is 24.2 Å². The maximum Gasteiger partial charge on any atom is 0.573 e. The summed E-state index contributed by atoms with van der Waals surface area (Å²) in [6, 6.07) is 12.8. The van der Waals surface area contributed by atoms with Gasteiger partial charge in [0.2, 0.25) is 0 Å². The maximum absolute atomic E-state index is 14.1. The van der Waals surface area contributed by atoms with E-state index in [-0.39, 0.29) is 23.6 Å². The van der Waals surface area contributed by atoms with Gasteiger partial charge in [-0.2, -0.15) is 5.10 Å². The minimum Gasteiger partial charge on any atom is -0.406 e. The number of nitrogens with zero attached hydrogens (tertiary/aromatic N) is 5. The Morgan fingerprint density at radius 3 is 2.61 bits per heavy atom. The van der Waals surface area contributed by atoms with Gasteiger partial charge in [-0.1, -0.05) is 17.3 Å². The van der Waals surface area contributed by atoms with Gasteiger partial charge in [-0.25, -0.2) is 8.78 Å². The first-order chi connectivity index (χ1) is 19.6. The Balaban J connectivity index is 1.10. The van der Waals surface area contributed by atoms with Crippen LogP contribution >= 0.6 is 0 Å². The van der Waals surface area contributed by atoms with Crippen LogP contribution in [0.5, 0.6) is 5.75 Å². The average Bonchev–Trinajstić information content (AvgIpc) is 3.58. The fourth-order valence-corrected chi connectivity index (χ4v) is 4.24. The van der Waals surface area contributed by atoms with Gasteiger partial charge in [-0.3, -0.25) is 10.00 Å². The van der Waals surface area contributed by atoms with E-state index >= 15 is 0 Å². The van der Waals surface area contributed by atoms with Gasteiger partial charge in [-0.15, -0.1) is 23.4 Å². The lowest BCUT2D eigenvalue weighted by atomic mass is 10.1. The fraction of sp³-hybridized carbons (Fsp3) is 0.259. The van der Waals surface area contributed by atoms with Crippen LogP contribution in [0.4, 0.5) is 22.0 Å². The summed E-state index contributed by atoms with van der Waals surface area (Å²) in [6.45, 7) is 0.228. The molecule has 2 aromatic carbocycles. The van der Waals surface area contributed by atoms with Crippen molar-refractivity contribution in [1.82, 2.24) is 35.5 Å². The van der Waals surface area contributed by atoms with Crippen LogP contribution < -0.4 is 10.1 Å². The van der Waals surface area contributed by atoms with Crippen molar-refractivity contribution < 1.29 is 31.8 Å². The molecule has 3 aromatic heterocycles. The Hall–Kier alpha value is -4.43. The molecule has 214 valence electrons. The van der Waals surface area contributed by atoms with Crippen LogP contribution in [0.1, 0.15) is 36.0 Å². The minimum absolute atomic E-state index is 0.123. The van der Waals surface area contributed by atoms with Crippen LogP contribution in [0.2, 0.25) is 0 Å². The molecule has 0 saturated heterocycles. The van der Waals surface area contributed by atoms with Gasteiger partial charge < -0.3 is 14.8 Å². The van der Waals surface area contributed by atoms with Gasteiger partial charge in [0.1, 0.15) is 23.1 Å². The van der Waals surface area contributed by atoms with Gasteiger partial charge in [0.25, 0.3) is 0 Å². The Morgan fingerprint density at radius 2 is 1.80 bits per heavy atom. The zero-order chi connectivity index (χ0) is 29.0. The molecular weight excluding hydrogens is 549 g/mol. The highest BCUT2D eigenvalue weighted by Crippen LogP contribution is 2.26. The van der Waals surface area contributed by atoms with Crippen LogP contribution in [0.15, 0.2) is 60.8 Å². The van der Waals surface area contributed by atoms with E-state index in [0.29, 0.717) is 29.9 Å². The van der Waals surface area contributed by atoms with Crippen LogP contribution in [0.25, 0.3) is 22.3 Å². The van der Waals surface area contributed by atoms with Crippen LogP contribution in [-0.4, -0.2) is 41.6 Å². The van der Waals surface area contributed by atoms with Crippen molar-refractivity contribution in [3.63, 3.8) is 0 Å². The van der Waals surface area contributed by atoms with Crippen LogP contribution in [0, 0.1) is 11.6 Å². The van der Waals surface area contributed by atoms with E-state index in [1.807, 2.05) is 12.1 Å². The first-order valence-electron chi connectivity index (χ1n) is 12.6. The molecular formula is C27H24F5N7O2. The highest BCUT2D eigenvalue weighted by atomic mass is 19.4. The van der Waals surface area contributed by atoms with E-state index in [1.54, 1.807) is 22.9 Å².